The molecule has 0 saturated carbocycles. The van der Waals surface area contributed by atoms with E-state index in [4.69, 9.17) is 12.2 Å². The molecule has 0 atom stereocenters. The molecule has 0 aromatic carbocycles. The summed E-state index contributed by atoms with van der Waals surface area (Å²) in [6.45, 7) is 6.37. The van der Waals surface area contributed by atoms with Crippen LogP contribution in [0.2, 0.25) is 0 Å². The van der Waals surface area contributed by atoms with E-state index in [1.54, 1.807) is 11.3 Å². The molecule has 4 heteroatoms. The van der Waals surface area contributed by atoms with E-state index in [9.17, 15) is 0 Å². The predicted octanol–water partition coefficient (Wildman–Crippen LogP) is 4.17. The molecule has 0 amide bonds. The minimum absolute atomic E-state index is 0.0143. The van der Waals surface area contributed by atoms with E-state index in [2.05, 4.69) is 47.6 Å². The van der Waals surface area contributed by atoms with Crippen molar-refractivity contribution in [3.8, 4) is 11.3 Å². The van der Waals surface area contributed by atoms with Gasteiger partial charge in [-0.15, -0.1) is 0 Å². The molecule has 0 spiro atoms. The number of nitrogens with zero attached hydrogens (tertiary/aromatic N) is 1. The van der Waals surface area contributed by atoms with Gasteiger partial charge in [-0.3, -0.25) is 0 Å². The standard InChI is InChI=1S/C12H14N2S2/c1-12(2,3)11-13-9(6-10(15)14-11)8-4-5-16-7-8/h4-7H,1-3H3,(H,13,14,15). The molecule has 2 rings (SSSR count). The molecule has 0 aliphatic rings. The van der Waals surface area contributed by atoms with Gasteiger partial charge in [0.15, 0.2) is 0 Å². The maximum absolute atomic E-state index is 5.20. The van der Waals surface area contributed by atoms with Gasteiger partial charge in [0.05, 0.1) is 5.69 Å². The molecule has 1 N–H and O–H groups in total. The SMILES string of the molecule is CC(C)(C)c1nc(=S)cc(-c2ccsc2)[nH]1. The Balaban J connectivity index is 2.57. The largest absolute Gasteiger partial charge is 0.343 e. The van der Waals surface area contributed by atoms with Crippen molar-refractivity contribution in [1.82, 2.24) is 9.97 Å². The van der Waals surface area contributed by atoms with Crippen molar-refractivity contribution in [1.29, 1.82) is 0 Å². The number of aromatic amines is 1. The molecule has 0 radical (unpaired) electrons. The second-order valence-electron chi connectivity index (χ2n) is 4.74. The van der Waals surface area contributed by atoms with Crippen molar-refractivity contribution in [3.05, 3.63) is 33.4 Å². The zero-order valence-electron chi connectivity index (χ0n) is 9.57. The van der Waals surface area contributed by atoms with Gasteiger partial charge in [0.2, 0.25) is 0 Å². The van der Waals surface area contributed by atoms with Gasteiger partial charge in [-0.2, -0.15) is 11.3 Å². The monoisotopic (exact) mass is 250 g/mol. The van der Waals surface area contributed by atoms with Gasteiger partial charge in [0.1, 0.15) is 10.5 Å². The summed E-state index contributed by atoms with van der Waals surface area (Å²) in [5.74, 6) is 0.932. The lowest BCUT2D eigenvalue weighted by atomic mass is 9.95. The van der Waals surface area contributed by atoms with Crippen LogP contribution in [0.5, 0.6) is 0 Å². The van der Waals surface area contributed by atoms with Gasteiger partial charge in [-0.05, 0) is 17.5 Å². The molecule has 2 heterocycles. The molecule has 0 bridgehead atoms. The van der Waals surface area contributed by atoms with Crippen LogP contribution < -0.4 is 0 Å². The fraction of sp³-hybridized carbons (Fsp3) is 0.333. The summed E-state index contributed by atoms with van der Waals surface area (Å²) in [7, 11) is 0. The number of rotatable bonds is 1. The number of hydrogen-bond donors (Lipinski definition) is 1. The smallest absolute Gasteiger partial charge is 0.130 e. The zero-order chi connectivity index (χ0) is 11.8. The first-order valence-corrected chi connectivity index (χ1v) is 6.46. The summed E-state index contributed by atoms with van der Waals surface area (Å²) in [6, 6.07) is 3.99. The number of H-pyrrole nitrogens is 1. The quantitative estimate of drug-likeness (QED) is 0.770. The number of thiophene rings is 1. The van der Waals surface area contributed by atoms with Crippen LogP contribution in [0.3, 0.4) is 0 Å². The van der Waals surface area contributed by atoms with Crippen molar-refractivity contribution >= 4 is 23.6 Å². The van der Waals surface area contributed by atoms with Gasteiger partial charge in [0.25, 0.3) is 0 Å². The van der Waals surface area contributed by atoms with Crippen LogP contribution in [0.1, 0.15) is 26.6 Å². The van der Waals surface area contributed by atoms with E-state index in [-0.39, 0.29) is 5.41 Å². The molecule has 2 nitrogen and oxygen atoms in total. The molecule has 0 fully saturated rings. The second-order valence-corrected chi connectivity index (χ2v) is 5.94. The lowest BCUT2D eigenvalue weighted by molar-refractivity contribution is 0.545. The summed E-state index contributed by atoms with van der Waals surface area (Å²) in [5, 5.41) is 4.16. The Labute approximate surface area is 104 Å². The molecule has 0 unspecified atom stereocenters. The first kappa shape index (κ1) is 11.5. The number of aromatic nitrogens is 2. The minimum atomic E-state index is -0.0143. The summed E-state index contributed by atoms with van der Waals surface area (Å²) in [6.07, 6.45) is 0. The van der Waals surface area contributed by atoms with Crippen LogP contribution in [0, 0.1) is 4.64 Å². The predicted molar refractivity (Wildman–Crippen MR) is 71.4 cm³/mol. The van der Waals surface area contributed by atoms with Gasteiger partial charge in [0, 0.05) is 16.4 Å². The fourth-order valence-electron chi connectivity index (χ4n) is 1.39. The molecule has 84 valence electrons. The minimum Gasteiger partial charge on any atom is -0.343 e. The van der Waals surface area contributed by atoms with Crippen molar-refractivity contribution < 1.29 is 0 Å². The maximum Gasteiger partial charge on any atom is 0.130 e. The molecule has 0 saturated heterocycles. The summed E-state index contributed by atoms with van der Waals surface area (Å²) >= 11 is 6.88. The van der Waals surface area contributed by atoms with Gasteiger partial charge >= 0.3 is 0 Å². The van der Waals surface area contributed by atoms with Crippen LogP contribution in [0.4, 0.5) is 0 Å². The Kier molecular flexibility index (Phi) is 2.95. The fourth-order valence-corrected chi connectivity index (χ4v) is 2.25. The van der Waals surface area contributed by atoms with Crippen LogP contribution >= 0.6 is 23.6 Å². The van der Waals surface area contributed by atoms with E-state index >= 15 is 0 Å². The average Bonchev–Trinajstić information content (AvgIpc) is 2.68. The van der Waals surface area contributed by atoms with Crippen LogP contribution in [0.15, 0.2) is 22.9 Å². The Morgan fingerprint density at radius 3 is 2.69 bits per heavy atom. The van der Waals surface area contributed by atoms with Crippen molar-refractivity contribution in [2.45, 2.75) is 26.2 Å². The Morgan fingerprint density at radius 2 is 2.12 bits per heavy atom. The van der Waals surface area contributed by atoms with Gasteiger partial charge < -0.3 is 4.98 Å². The van der Waals surface area contributed by atoms with Crippen molar-refractivity contribution in [3.63, 3.8) is 0 Å². The molecule has 2 aromatic rings. The first-order chi connectivity index (χ1) is 7.47. The Bertz CT molecular complexity index is 533. The third-order valence-corrected chi connectivity index (χ3v) is 3.18. The van der Waals surface area contributed by atoms with Gasteiger partial charge in [-0.1, -0.05) is 33.0 Å². The molecular weight excluding hydrogens is 236 g/mol. The third kappa shape index (κ3) is 2.39. The van der Waals surface area contributed by atoms with E-state index in [0.29, 0.717) is 4.64 Å². The van der Waals surface area contributed by atoms with Crippen LogP contribution in [-0.4, -0.2) is 9.97 Å². The molecule has 16 heavy (non-hydrogen) atoms. The van der Waals surface area contributed by atoms with Gasteiger partial charge in [-0.25, -0.2) is 4.98 Å². The number of hydrogen-bond acceptors (Lipinski definition) is 3. The lowest BCUT2D eigenvalue weighted by Gasteiger charge is -2.18. The molecule has 2 aromatic heterocycles. The molecular formula is C12H14N2S2. The van der Waals surface area contributed by atoms with E-state index < -0.39 is 0 Å². The van der Waals surface area contributed by atoms with Crippen LogP contribution in [0.25, 0.3) is 11.3 Å². The Hall–Kier alpha value is -1.00. The molecule has 0 aliphatic carbocycles. The summed E-state index contributed by atoms with van der Waals surface area (Å²) < 4.78 is 0.643. The first-order valence-electron chi connectivity index (χ1n) is 5.11. The zero-order valence-corrected chi connectivity index (χ0v) is 11.2. The highest BCUT2D eigenvalue weighted by Crippen LogP contribution is 2.24. The van der Waals surface area contributed by atoms with Crippen molar-refractivity contribution in [2.24, 2.45) is 0 Å². The summed E-state index contributed by atoms with van der Waals surface area (Å²) in [5.41, 5.74) is 2.20. The highest BCUT2D eigenvalue weighted by molar-refractivity contribution is 7.71. The lowest BCUT2D eigenvalue weighted by Crippen LogP contribution is -2.16. The highest BCUT2D eigenvalue weighted by Gasteiger charge is 2.17. The van der Waals surface area contributed by atoms with Crippen molar-refractivity contribution in [2.75, 3.05) is 0 Å². The van der Waals surface area contributed by atoms with E-state index in [0.717, 1.165) is 11.5 Å². The maximum atomic E-state index is 5.20. The Morgan fingerprint density at radius 1 is 1.38 bits per heavy atom. The third-order valence-electron chi connectivity index (χ3n) is 2.29. The molecule has 0 aliphatic heterocycles. The topological polar surface area (TPSA) is 28.7 Å². The van der Waals surface area contributed by atoms with E-state index in [1.807, 2.05) is 6.07 Å². The van der Waals surface area contributed by atoms with Crippen LogP contribution in [-0.2, 0) is 5.41 Å². The average molecular weight is 250 g/mol. The normalized spacial score (nSPS) is 11.7. The second kappa shape index (κ2) is 4.11. The number of nitrogens with one attached hydrogen (secondary N) is 1. The highest BCUT2D eigenvalue weighted by atomic mass is 32.1. The summed E-state index contributed by atoms with van der Waals surface area (Å²) in [4.78, 5) is 7.73. The van der Waals surface area contributed by atoms with E-state index in [1.165, 1.54) is 5.56 Å².